The third kappa shape index (κ3) is 2.33. The van der Waals surface area contributed by atoms with Crippen LogP contribution in [0, 0.1) is 5.82 Å². The number of aromatic nitrogens is 4. The number of nitrogens with zero attached hydrogens (tertiary/aromatic N) is 4. The number of rotatable bonds is 3. The van der Waals surface area contributed by atoms with Gasteiger partial charge in [-0.15, -0.1) is 0 Å². The lowest BCUT2D eigenvalue weighted by Gasteiger charge is -2.36. The predicted octanol–water partition coefficient (Wildman–Crippen LogP) is 3.30. The first-order valence-electron chi connectivity index (χ1n) is 8.45. The fraction of sp³-hybridized carbons (Fsp3) is 0.278. The molecule has 3 heterocycles. The highest BCUT2D eigenvalue weighted by Gasteiger charge is 2.34. The first-order valence-corrected chi connectivity index (χ1v) is 9.26. The lowest BCUT2D eigenvalue weighted by molar-refractivity contribution is 0.280. The van der Waals surface area contributed by atoms with Crippen LogP contribution in [0.2, 0.25) is 0 Å². The summed E-state index contributed by atoms with van der Waals surface area (Å²) < 4.78 is 17.7. The van der Waals surface area contributed by atoms with E-state index in [4.69, 9.17) is 0 Å². The quantitative estimate of drug-likeness (QED) is 0.602. The van der Waals surface area contributed by atoms with E-state index in [1.54, 1.807) is 23.0 Å². The summed E-state index contributed by atoms with van der Waals surface area (Å²) >= 11 is 1.63. The molecule has 3 aromatic heterocycles. The zero-order valence-corrected chi connectivity index (χ0v) is 14.8. The third-order valence-corrected chi connectivity index (χ3v) is 5.96. The summed E-state index contributed by atoms with van der Waals surface area (Å²) in [5.41, 5.74) is 1.91. The molecule has 132 valence electrons. The van der Waals surface area contributed by atoms with E-state index in [1.807, 2.05) is 18.2 Å². The van der Waals surface area contributed by atoms with Crippen LogP contribution in [0.25, 0.3) is 21.4 Å². The van der Waals surface area contributed by atoms with Crippen molar-refractivity contribution in [2.45, 2.75) is 24.9 Å². The molecule has 1 N–H and O–H groups in total. The maximum absolute atomic E-state index is 13.4. The Morgan fingerprint density at radius 2 is 2.12 bits per heavy atom. The normalized spacial score (nSPS) is 19.8. The molecule has 0 radical (unpaired) electrons. The van der Waals surface area contributed by atoms with Gasteiger partial charge in [-0.25, -0.2) is 19.2 Å². The molecule has 1 aliphatic rings. The number of nitrogens with one attached hydrogen (secondary N) is 1. The second kappa shape index (κ2) is 5.63. The number of imidazole rings is 1. The molecule has 0 amide bonds. The summed E-state index contributed by atoms with van der Waals surface area (Å²) in [6, 6.07) is 9.73. The number of pyridine rings is 1. The van der Waals surface area contributed by atoms with Gasteiger partial charge < -0.3 is 5.32 Å². The van der Waals surface area contributed by atoms with E-state index < -0.39 is 5.82 Å². The maximum atomic E-state index is 13.4. The van der Waals surface area contributed by atoms with Gasteiger partial charge in [-0.3, -0.25) is 9.13 Å². The molecule has 26 heavy (non-hydrogen) atoms. The standard InChI is InChI=1S/C18H16FN5OS/c1-23-14-6-10(19)9-20-16(14)24(18(23)25)12-7-11(8-12)21-17-22-13-4-2-3-5-15(13)26-17/h2-6,9,11-12H,7-8H2,1H3,(H,21,22). The Labute approximate surface area is 151 Å². The van der Waals surface area contributed by atoms with Gasteiger partial charge in [0.25, 0.3) is 0 Å². The van der Waals surface area contributed by atoms with Crippen LogP contribution in [0.4, 0.5) is 9.52 Å². The van der Waals surface area contributed by atoms with E-state index in [9.17, 15) is 9.18 Å². The van der Waals surface area contributed by atoms with Crippen molar-refractivity contribution in [3.63, 3.8) is 0 Å². The molecule has 1 aliphatic carbocycles. The van der Waals surface area contributed by atoms with Gasteiger partial charge in [0, 0.05) is 25.2 Å². The zero-order chi connectivity index (χ0) is 17.8. The van der Waals surface area contributed by atoms with Crippen molar-refractivity contribution in [1.29, 1.82) is 0 Å². The molecule has 0 spiro atoms. The zero-order valence-electron chi connectivity index (χ0n) is 14.0. The fourth-order valence-electron chi connectivity index (χ4n) is 3.56. The Hall–Kier alpha value is -2.74. The Morgan fingerprint density at radius 1 is 1.31 bits per heavy atom. The van der Waals surface area contributed by atoms with E-state index in [1.165, 1.54) is 10.6 Å². The number of benzene rings is 1. The molecule has 0 atom stereocenters. The largest absolute Gasteiger partial charge is 0.359 e. The van der Waals surface area contributed by atoms with Crippen LogP contribution in [0.1, 0.15) is 18.9 Å². The molecule has 5 rings (SSSR count). The average molecular weight is 369 g/mol. The highest BCUT2D eigenvalue weighted by atomic mass is 32.1. The molecule has 1 fully saturated rings. The van der Waals surface area contributed by atoms with Gasteiger partial charge >= 0.3 is 5.69 Å². The number of para-hydroxylation sites is 1. The van der Waals surface area contributed by atoms with Crippen LogP contribution in [0.15, 0.2) is 41.3 Å². The summed E-state index contributed by atoms with van der Waals surface area (Å²) in [6.45, 7) is 0. The monoisotopic (exact) mass is 369 g/mol. The Balaban J connectivity index is 1.37. The number of aryl methyl sites for hydroxylation is 1. The minimum Gasteiger partial charge on any atom is -0.359 e. The van der Waals surface area contributed by atoms with Crippen molar-refractivity contribution >= 4 is 37.8 Å². The van der Waals surface area contributed by atoms with E-state index >= 15 is 0 Å². The molecular weight excluding hydrogens is 353 g/mol. The van der Waals surface area contributed by atoms with Crippen molar-refractivity contribution in [2.75, 3.05) is 5.32 Å². The number of hydrogen-bond acceptors (Lipinski definition) is 5. The van der Waals surface area contributed by atoms with Crippen LogP contribution < -0.4 is 11.0 Å². The van der Waals surface area contributed by atoms with Crippen LogP contribution >= 0.6 is 11.3 Å². The first-order chi connectivity index (χ1) is 12.6. The molecule has 0 aliphatic heterocycles. The lowest BCUT2D eigenvalue weighted by atomic mass is 9.86. The van der Waals surface area contributed by atoms with Crippen LogP contribution in [0.5, 0.6) is 0 Å². The molecule has 8 heteroatoms. The number of hydrogen-bond donors (Lipinski definition) is 1. The molecule has 1 saturated carbocycles. The third-order valence-electron chi connectivity index (χ3n) is 5.00. The average Bonchev–Trinajstić information content (AvgIpc) is 3.11. The summed E-state index contributed by atoms with van der Waals surface area (Å²) in [5.74, 6) is -0.436. The van der Waals surface area contributed by atoms with E-state index in [-0.39, 0.29) is 17.8 Å². The van der Waals surface area contributed by atoms with E-state index in [0.29, 0.717) is 11.2 Å². The van der Waals surface area contributed by atoms with Gasteiger partial charge in [-0.05, 0) is 25.0 Å². The van der Waals surface area contributed by atoms with E-state index in [2.05, 4.69) is 21.4 Å². The van der Waals surface area contributed by atoms with Gasteiger partial charge in [-0.2, -0.15) is 0 Å². The minimum absolute atomic E-state index is 0.0658. The van der Waals surface area contributed by atoms with Crippen LogP contribution in [-0.2, 0) is 7.05 Å². The van der Waals surface area contributed by atoms with Gasteiger partial charge in [-0.1, -0.05) is 23.5 Å². The highest BCUT2D eigenvalue weighted by Crippen LogP contribution is 2.36. The van der Waals surface area contributed by atoms with Gasteiger partial charge in [0.1, 0.15) is 5.82 Å². The Morgan fingerprint density at radius 3 is 2.92 bits per heavy atom. The highest BCUT2D eigenvalue weighted by molar-refractivity contribution is 7.22. The van der Waals surface area contributed by atoms with Gasteiger partial charge in [0.2, 0.25) is 0 Å². The van der Waals surface area contributed by atoms with Gasteiger partial charge in [0.05, 0.1) is 21.9 Å². The van der Waals surface area contributed by atoms with Crippen molar-refractivity contribution in [3.8, 4) is 0 Å². The van der Waals surface area contributed by atoms with Crippen LogP contribution in [-0.4, -0.2) is 25.1 Å². The predicted molar refractivity (Wildman–Crippen MR) is 100 cm³/mol. The van der Waals surface area contributed by atoms with Crippen molar-refractivity contribution in [3.05, 3.63) is 52.8 Å². The van der Waals surface area contributed by atoms with Gasteiger partial charge in [0.15, 0.2) is 10.8 Å². The number of halogens is 1. The number of thiazole rings is 1. The van der Waals surface area contributed by atoms with Crippen molar-refractivity contribution < 1.29 is 4.39 Å². The smallest absolute Gasteiger partial charge is 0.330 e. The lowest BCUT2D eigenvalue weighted by Crippen LogP contribution is -2.40. The second-order valence-corrected chi connectivity index (χ2v) is 7.69. The molecule has 4 aromatic rings. The van der Waals surface area contributed by atoms with Crippen molar-refractivity contribution in [1.82, 2.24) is 19.1 Å². The minimum atomic E-state index is -0.436. The second-order valence-electron chi connectivity index (χ2n) is 6.66. The fourth-order valence-corrected chi connectivity index (χ4v) is 4.51. The van der Waals surface area contributed by atoms with E-state index in [0.717, 1.165) is 34.4 Å². The Kier molecular flexibility index (Phi) is 3.36. The maximum Gasteiger partial charge on any atom is 0.330 e. The summed E-state index contributed by atoms with van der Waals surface area (Å²) in [4.78, 5) is 21.3. The molecule has 0 unspecified atom stereocenters. The molecule has 6 nitrogen and oxygen atoms in total. The summed E-state index contributed by atoms with van der Waals surface area (Å²) in [5, 5.41) is 4.36. The molecule has 1 aromatic carbocycles. The number of anilines is 1. The summed E-state index contributed by atoms with van der Waals surface area (Å²) in [7, 11) is 1.65. The first kappa shape index (κ1) is 15.5. The van der Waals surface area contributed by atoms with Crippen molar-refractivity contribution in [2.24, 2.45) is 7.05 Å². The van der Waals surface area contributed by atoms with Crippen LogP contribution in [0.3, 0.4) is 0 Å². The molecule has 0 bridgehead atoms. The Bertz CT molecular complexity index is 1150. The molecular formula is C18H16FN5OS. The SMILES string of the molecule is Cn1c(=O)n(C2CC(Nc3nc4ccccc4s3)C2)c2ncc(F)cc21. The topological polar surface area (TPSA) is 64.7 Å². The molecule has 0 saturated heterocycles. The summed E-state index contributed by atoms with van der Waals surface area (Å²) in [6.07, 6.45) is 2.79. The number of fused-ring (bicyclic) bond motifs is 2.